The van der Waals surface area contributed by atoms with Crippen molar-refractivity contribution in [2.75, 3.05) is 6.61 Å². The van der Waals surface area contributed by atoms with Gasteiger partial charge in [-0.25, -0.2) is 4.79 Å². The topological polar surface area (TPSA) is 72.5 Å². The van der Waals surface area contributed by atoms with Crippen LogP contribution >= 0.6 is 0 Å². The van der Waals surface area contributed by atoms with Crippen LogP contribution in [0.4, 0.5) is 0 Å². The first-order chi connectivity index (χ1) is 28.5. The maximum absolute atomic E-state index is 12.4. The molecule has 7 nitrogen and oxygen atoms in total. The number of carbonyl (C=O) groups excluding carboxylic acids is 1. The highest BCUT2D eigenvalue weighted by Gasteiger charge is 2.61. The summed E-state index contributed by atoms with van der Waals surface area (Å²) in [6.45, 7) is 17.6. The van der Waals surface area contributed by atoms with Crippen molar-refractivity contribution >= 4 is 5.97 Å². The number of fused-ring (bicyclic) bond motifs is 5. The molecule has 0 N–H and O–H groups in total. The van der Waals surface area contributed by atoms with Crippen LogP contribution in [-0.4, -0.2) is 49.4 Å². The molecule has 1 aliphatic heterocycles. The highest BCUT2D eigenvalue weighted by Crippen LogP contribution is 2.68. The van der Waals surface area contributed by atoms with Gasteiger partial charge in [-0.05, 0) is 135 Å². The van der Waals surface area contributed by atoms with Crippen LogP contribution in [0, 0.1) is 52.3 Å². The zero-order chi connectivity index (χ0) is 41.6. The summed E-state index contributed by atoms with van der Waals surface area (Å²) in [5.74, 6) is 5.27. The third-order valence-corrected chi connectivity index (χ3v) is 16.2. The molecule has 0 radical (unpaired) electrons. The van der Waals surface area contributed by atoms with Gasteiger partial charge in [0, 0.05) is 0 Å². The van der Waals surface area contributed by atoms with Gasteiger partial charge in [-0.15, -0.1) is 0 Å². The summed E-state index contributed by atoms with van der Waals surface area (Å²) < 4.78 is 38.9. The predicted octanol–water partition coefficient (Wildman–Crippen LogP) is 11.9. The molecule has 4 aliphatic carbocycles. The summed E-state index contributed by atoms with van der Waals surface area (Å²) in [5.41, 5.74) is 2.99. The molecule has 0 bridgehead atoms. The molecule has 0 aromatic heterocycles. The van der Waals surface area contributed by atoms with E-state index in [0.717, 1.165) is 59.5 Å². The van der Waals surface area contributed by atoms with Crippen molar-refractivity contribution in [2.45, 2.75) is 176 Å². The lowest BCUT2D eigenvalue weighted by Crippen LogP contribution is -2.60. The van der Waals surface area contributed by atoms with Crippen LogP contribution in [-0.2, 0) is 46.4 Å². The minimum atomic E-state index is -0.701. The highest BCUT2D eigenvalue weighted by atomic mass is 16.7. The third-order valence-electron chi connectivity index (χ3n) is 16.2. The third kappa shape index (κ3) is 10.2. The van der Waals surface area contributed by atoms with Gasteiger partial charge in [0.1, 0.15) is 12.2 Å². The van der Waals surface area contributed by atoms with Gasteiger partial charge in [0.05, 0.1) is 44.4 Å². The molecule has 2 aromatic carbocycles. The molecule has 5 fully saturated rings. The van der Waals surface area contributed by atoms with E-state index in [2.05, 4.69) is 58.9 Å². The molecule has 4 saturated carbocycles. The van der Waals surface area contributed by atoms with Crippen molar-refractivity contribution in [3.8, 4) is 0 Å². The average Bonchev–Trinajstić information content (AvgIpc) is 3.58. The Morgan fingerprint density at radius 1 is 0.797 bits per heavy atom. The second-order valence-electron chi connectivity index (χ2n) is 20.1. The molecule has 1 unspecified atom stereocenters. The maximum atomic E-state index is 12.4. The molecule has 7 rings (SSSR count). The van der Waals surface area contributed by atoms with Crippen LogP contribution in [0.25, 0.3) is 0 Å². The van der Waals surface area contributed by atoms with Gasteiger partial charge in [-0.3, -0.25) is 0 Å². The summed E-state index contributed by atoms with van der Waals surface area (Å²) >= 11 is 0. The first-order valence-corrected chi connectivity index (χ1v) is 23.6. The largest absolute Gasteiger partial charge is 0.490 e. The highest BCUT2D eigenvalue weighted by molar-refractivity contribution is 5.81. The minimum absolute atomic E-state index is 0.0509. The molecule has 1 heterocycles. The molecule has 1 saturated heterocycles. The number of esters is 1. The van der Waals surface area contributed by atoms with Gasteiger partial charge in [0.15, 0.2) is 12.4 Å². The summed E-state index contributed by atoms with van der Waals surface area (Å²) in [6, 6.07) is 20.4. The molecule has 0 amide bonds. The average molecular weight is 813 g/mol. The number of ether oxygens (including phenoxy) is 6. The molecule has 2 aromatic rings. The van der Waals surface area contributed by atoms with Gasteiger partial charge in [-0.1, -0.05) is 115 Å². The number of rotatable bonds is 17. The molecular weight excluding hydrogens is 737 g/mol. The van der Waals surface area contributed by atoms with Crippen LogP contribution in [0.15, 0.2) is 73.0 Å². The monoisotopic (exact) mass is 813 g/mol. The SMILES string of the molecule is CCOC(=O)/C=C/O[C@H]1[C@@H](O[C@H]2CC[C@@]3(C)C(CC[C@H]4[C@@H]5CC[C@H]([C@H](C)CCCC(C)C)[C@@]5(C)CC[C@@H]43)C2)O[C@@H](C)[C@H](OCc2ccccc2)[C@H]1OCc1ccccc1. The Labute approximate surface area is 356 Å². The maximum Gasteiger partial charge on any atom is 0.333 e. The molecule has 5 aliphatic rings. The second-order valence-corrected chi connectivity index (χ2v) is 20.1. The molecule has 14 atom stereocenters. The fourth-order valence-corrected chi connectivity index (χ4v) is 13.1. The zero-order valence-corrected chi connectivity index (χ0v) is 37.4. The lowest BCUT2D eigenvalue weighted by Gasteiger charge is -2.61. The number of carbonyl (C=O) groups is 1. The fraction of sp³-hybridized carbons (Fsp3) is 0.712. The van der Waals surface area contributed by atoms with Gasteiger partial charge >= 0.3 is 5.97 Å². The minimum Gasteiger partial charge on any atom is -0.490 e. The van der Waals surface area contributed by atoms with E-state index in [9.17, 15) is 4.79 Å². The summed E-state index contributed by atoms with van der Waals surface area (Å²) in [4.78, 5) is 12.4. The van der Waals surface area contributed by atoms with E-state index in [-0.39, 0.29) is 12.2 Å². The number of benzene rings is 2. The van der Waals surface area contributed by atoms with Crippen molar-refractivity contribution in [1.82, 2.24) is 0 Å². The van der Waals surface area contributed by atoms with Crippen molar-refractivity contribution in [2.24, 2.45) is 52.3 Å². The summed E-state index contributed by atoms with van der Waals surface area (Å²) in [6.07, 6.45) is 15.8. The summed E-state index contributed by atoms with van der Waals surface area (Å²) in [7, 11) is 0. The molecule has 0 spiro atoms. The first-order valence-electron chi connectivity index (χ1n) is 23.6. The lowest BCUT2D eigenvalue weighted by atomic mass is 9.44. The zero-order valence-electron chi connectivity index (χ0n) is 37.4. The quantitative estimate of drug-likeness (QED) is 0.0682. The van der Waals surface area contributed by atoms with Crippen LogP contribution in [0.1, 0.15) is 137 Å². The van der Waals surface area contributed by atoms with Crippen molar-refractivity contribution in [1.29, 1.82) is 0 Å². The van der Waals surface area contributed by atoms with Crippen LogP contribution < -0.4 is 0 Å². The van der Waals surface area contributed by atoms with E-state index >= 15 is 0 Å². The van der Waals surface area contributed by atoms with Crippen LogP contribution in [0.2, 0.25) is 0 Å². The van der Waals surface area contributed by atoms with E-state index in [4.69, 9.17) is 28.4 Å². The second kappa shape index (κ2) is 20.0. The molecular formula is C52H76O7. The van der Waals surface area contributed by atoms with Gasteiger partial charge in [0.25, 0.3) is 0 Å². The first kappa shape index (κ1) is 44.3. The van der Waals surface area contributed by atoms with E-state index in [0.29, 0.717) is 36.6 Å². The van der Waals surface area contributed by atoms with E-state index in [1.54, 1.807) is 6.92 Å². The predicted molar refractivity (Wildman–Crippen MR) is 233 cm³/mol. The Bertz CT molecular complexity index is 1630. The van der Waals surface area contributed by atoms with Crippen LogP contribution in [0.3, 0.4) is 0 Å². The molecule has 7 heteroatoms. The fourth-order valence-electron chi connectivity index (χ4n) is 13.1. The Kier molecular flexibility index (Phi) is 15.0. The lowest BCUT2D eigenvalue weighted by molar-refractivity contribution is -0.323. The van der Waals surface area contributed by atoms with Crippen LogP contribution in [0.5, 0.6) is 0 Å². The Hall–Kier alpha value is -2.71. The molecule has 326 valence electrons. The van der Waals surface area contributed by atoms with E-state index < -0.39 is 30.6 Å². The van der Waals surface area contributed by atoms with E-state index in [1.165, 1.54) is 76.5 Å². The van der Waals surface area contributed by atoms with E-state index in [1.807, 2.05) is 43.3 Å². The smallest absolute Gasteiger partial charge is 0.333 e. The summed E-state index contributed by atoms with van der Waals surface area (Å²) in [5, 5.41) is 0. The normalized spacial score (nSPS) is 37.4. The Balaban J connectivity index is 1.05. The van der Waals surface area contributed by atoms with Gasteiger partial charge in [-0.2, -0.15) is 0 Å². The van der Waals surface area contributed by atoms with Crippen molar-refractivity contribution < 1.29 is 33.2 Å². The molecule has 59 heavy (non-hydrogen) atoms. The van der Waals surface area contributed by atoms with Gasteiger partial charge in [0.2, 0.25) is 0 Å². The number of hydrogen-bond donors (Lipinski definition) is 0. The Morgan fingerprint density at radius 3 is 2.14 bits per heavy atom. The Morgan fingerprint density at radius 2 is 1.46 bits per heavy atom. The standard InChI is InChI=1S/C52H76O7/c1-8-54-46(53)28-31-55-49-48(57-34-39-20-13-10-14-21-39)47(56-33-38-18-11-9-12-19-38)37(5)58-50(49)59-41-26-29-51(6)40(32-41)22-23-42-44-25-24-43(36(4)17-15-16-35(2)3)52(44,7)30-27-45(42)51/h9-14,18-21,28,31,35-37,40-45,47-50H,8,15-17,22-27,29-30,32-34H2,1-7H3/b31-28+/t36-,37+,40?,41+,42+,43-,44+,45+,47+,48-,49-,50-,51+,52-/m1/s1. The number of hydrogen-bond acceptors (Lipinski definition) is 7. The van der Waals surface area contributed by atoms with Gasteiger partial charge < -0.3 is 28.4 Å². The van der Waals surface area contributed by atoms with Crippen molar-refractivity contribution in [3.05, 3.63) is 84.1 Å². The van der Waals surface area contributed by atoms with Crippen molar-refractivity contribution in [3.63, 3.8) is 0 Å².